The average molecular weight is 290 g/mol. The van der Waals surface area contributed by atoms with Gasteiger partial charge in [-0.25, -0.2) is 0 Å². The molecule has 1 saturated carbocycles. The molecule has 1 aromatic rings. The molecule has 2 amide bonds. The van der Waals surface area contributed by atoms with Gasteiger partial charge in [0, 0.05) is 17.0 Å². The quantitative estimate of drug-likeness (QED) is 0.774. The van der Waals surface area contributed by atoms with Gasteiger partial charge in [0.05, 0.1) is 12.6 Å². The van der Waals surface area contributed by atoms with Gasteiger partial charge < -0.3 is 15.7 Å². The van der Waals surface area contributed by atoms with Crippen molar-refractivity contribution in [3.05, 3.63) is 35.4 Å². The molecule has 1 aliphatic carbocycles. The van der Waals surface area contributed by atoms with Crippen molar-refractivity contribution in [2.45, 2.75) is 39.3 Å². The van der Waals surface area contributed by atoms with Gasteiger partial charge in [-0.3, -0.25) is 9.59 Å². The lowest BCUT2D eigenvalue weighted by molar-refractivity contribution is -0.128. The zero-order valence-electron chi connectivity index (χ0n) is 12.6. The van der Waals surface area contributed by atoms with E-state index in [0.29, 0.717) is 12.0 Å². The number of aliphatic hydroxyl groups is 1. The fourth-order valence-corrected chi connectivity index (χ4v) is 2.44. The van der Waals surface area contributed by atoms with E-state index in [0.717, 1.165) is 5.56 Å². The highest BCUT2D eigenvalue weighted by atomic mass is 16.3. The number of hydrogen-bond donors (Lipinski definition) is 3. The number of carbonyl (C=O) groups excluding carboxylic acids is 2. The molecule has 2 unspecified atom stereocenters. The topological polar surface area (TPSA) is 78.4 Å². The normalized spacial score (nSPS) is 23.0. The molecule has 2 rings (SSSR count). The number of aryl methyl sites for hydroxylation is 1. The summed E-state index contributed by atoms with van der Waals surface area (Å²) in [5, 5.41) is 15.1. The van der Waals surface area contributed by atoms with E-state index in [9.17, 15) is 14.7 Å². The lowest BCUT2D eigenvalue weighted by atomic mass is 9.64. The second-order valence-corrected chi connectivity index (χ2v) is 6.25. The summed E-state index contributed by atoms with van der Waals surface area (Å²) in [5.74, 6) is -0.497. The van der Waals surface area contributed by atoms with E-state index >= 15 is 0 Å². The number of amides is 2. The van der Waals surface area contributed by atoms with Gasteiger partial charge >= 0.3 is 0 Å². The summed E-state index contributed by atoms with van der Waals surface area (Å²) in [5.41, 5.74) is 1.23. The lowest BCUT2D eigenvalue weighted by Crippen LogP contribution is -2.62. The highest BCUT2D eigenvalue weighted by Gasteiger charge is 2.47. The number of rotatable bonds is 4. The monoisotopic (exact) mass is 290 g/mol. The van der Waals surface area contributed by atoms with E-state index in [1.165, 1.54) is 0 Å². The Morgan fingerprint density at radius 1 is 1.38 bits per heavy atom. The highest BCUT2D eigenvalue weighted by Crippen LogP contribution is 2.40. The molecular weight excluding hydrogens is 268 g/mol. The average Bonchev–Trinajstić information content (AvgIpc) is 2.44. The molecule has 0 heterocycles. The van der Waals surface area contributed by atoms with Crippen LogP contribution in [0, 0.1) is 12.3 Å². The minimum absolute atomic E-state index is 0.0455. The molecule has 114 valence electrons. The summed E-state index contributed by atoms with van der Waals surface area (Å²) in [6.07, 6.45) is 0.176. The molecule has 5 nitrogen and oxygen atoms in total. The summed E-state index contributed by atoms with van der Waals surface area (Å²) in [7, 11) is 0. The lowest BCUT2D eigenvalue weighted by Gasteiger charge is -2.49. The van der Waals surface area contributed by atoms with Crippen LogP contribution in [0.15, 0.2) is 24.3 Å². The summed E-state index contributed by atoms with van der Waals surface area (Å²) in [6, 6.07) is 7.16. The van der Waals surface area contributed by atoms with Gasteiger partial charge in [0.15, 0.2) is 0 Å². The minimum atomic E-state index is -0.385. The Balaban J connectivity index is 1.81. The van der Waals surface area contributed by atoms with Crippen molar-refractivity contribution in [2.75, 3.05) is 6.54 Å². The SMILES string of the molecule is Cc1cccc(C(=O)NCC(=O)NC2CC(O)C2(C)C)c1. The van der Waals surface area contributed by atoms with E-state index in [-0.39, 0.29) is 35.9 Å². The van der Waals surface area contributed by atoms with Crippen LogP contribution in [0.25, 0.3) is 0 Å². The predicted octanol–water partition coefficient (Wildman–Crippen LogP) is 1.00. The molecule has 0 saturated heterocycles. The third kappa shape index (κ3) is 3.42. The Labute approximate surface area is 124 Å². The van der Waals surface area contributed by atoms with Crippen molar-refractivity contribution in [3.8, 4) is 0 Å². The van der Waals surface area contributed by atoms with Gasteiger partial charge in [-0.05, 0) is 25.5 Å². The standard InChI is InChI=1S/C16H22N2O3/c1-10-5-4-6-11(7-10)15(21)17-9-14(20)18-12-8-13(19)16(12,2)3/h4-7,12-13,19H,8-9H2,1-3H3,(H,17,21)(H,18,20). The van der Waals surface area contributed by atoms with Crippen LogP contribution in [0.1, 0.15) is 36.2 Å². The molecule has 1 aliphatic rings. The van der Waals surface area contributed by atoms with Crippen LogP contribution in [-0.2, 0) is 4.79 Å². The van der Waals surface area contributed by atoms with Crippen molar-refractivity contribution >= 4 is 11.8 Å². The van der Waals surface area contributed by atoms with Gasteiger partial charge in [-0.15, -0.1) is 0 Å². The molecule has 2 atom stereocenters. The number of benzene rings is 1. The molecule has 3 N–H and O–H groups in total. The van der Waals surface area contributed by atoms with E-state index in [1.54, 1.807) is 12.1 Å². The van der Waals surface area contributed by atoms with Gasteiger partial charge in [0.25, 0.3) is 5.91 Å². The smallest absolute Gasteiger partial charge is 0.251 e. The number of hydrogen-bond acceptors (Lipinski definition) is 3. The number of nitrogens with one attached hydrogen (secondary N) is 2. The van der Waals surface area contributed by atoms with Gasteiger partial charge in [-0.1, -0.05) is 31.5 Å². The maximum atomic E-state index is 11.9. The maximum Gasteiger partial charge on any atom is 0.251 e. The summed E-state index contributed by atoms with van der Waals surface area (Å²) < 4.78 is 0. The first-order chi connectivity index (χ1) is 9.80. The Kier molecular flexibility index (Phi) is 4.32. The van der Waals surface area contributed by atoms with E-state index in [4.69, 9.17) is 0 Å². The van der Waals surface area contributed by atoms with Crippen molar-refractivity contribution in [3.63, 3.8) is 0 Å². The van der Waals surface area contributed by atoms with E-state index in [2.05, 4.69) is 10.6 Å². The maximum absolute atomic E-state index is 11.9. The van der Waals surface area contributed by atoms with Crippen LogP contribution < -0.4 is 10.6 Å². The van der Waals surface area contributed by atoms with Crippen LogP contribution in [0.3, 0.4) is 0 Å². The molecule has 1 aromatic carbocycles. The molecule has 0 spiro atoms. The molecule has 1 fully saturated rings. The molecule has 21 heavy (non-hydrogen) atoms. The highest BCUT2D eigenvalue weighted by molar-refractivity contribution is 5.96. The first-order valence-corrected chi connectivity index (χ1v) is 7.13. The van der Waals surface area contributed by atoms with Gasteiger partial charge in [-0.2, -0.15) is 0 Å². The van der Waals surface area contributed by atoms with Crippen LogP contribution in [-0.4, -0.2) is 35.6 Å². The van der Waals surface area contributed by atoms with Gasteiger partial charge in [0.1, 0.15) is 0 Å². The molecule has 0 aromatic heterocycles. The van der Waals surface area contributed by atoms with E-state index < -0.39 is 0 Å². The fourth-order valence-electron chi connectivity index (χ4n) is 2.44. The first-order valence-electron chi connectivity index (χ1n) is 7.13. The van der Waals surface area contributed by atoms with E-state index in [1.807, 2.05) is 32.9 Å². The predicted molar refractivity (Wildman–Crippen MR) is 79.8 cm³/mol. The molecular formula is C16H22N2O3. The van der Waals surface area contributed by atoms with Crippen molar-refractivity contribution < 1.29 is 14.7 Å². The number of aliphatic hydroxyl groups excluding tert-OH is 1. The summed E-state index contributed by atoms with van der Waals surface area (Å²) in [6.45, 7) is 5.68. The Morgan fingerprint density at radius 2 is 2.10 bits per heavy atom. The summed E-state index contributed by atoms with van der Waals surface area (Å²) >= 11 is 0. The van der Waals surface area contributed by atoms with Crippen LogP contribution in [0.5, 0.6) is 0 Å². The van der Waals surface area contributed by atoms with Crippen molar-refractivity contribution in [1.29, 1.82) is 0 Å². The zero-order valence-corrected chi connectivity index (χ0v) is 12.6. The zero-order chi connectivity index (χ0) is 15.6. The summed E-state index contributed by atoms with van der Waals surface area (Å²) in [4.78, 5) is 23.8. The van der Waals surface area contributed by atoms with Gasteiger partial charge in [0.2, 0.25) is 5.91 Å². The van der Waals surface area contributed by atoms with Crippen molar-refractivity contribution in [1.82, 2.24) is 10.6 Å². The first kappa shape index (κ1) is 15.5. The second-order valence-electron chi connectivity index (χ2n) is 6.25. The Hall–Kier alpha value is -1.88. The third-order valence-electron chi connectivity index (χ3n) is 4.24. The minimum Gasteiger partial charge on any atom is -0.392 e. The molecule has 0 aliphatic heterocycles. The largest absolute Gasteiger partial charge is 0.392 e. The van der Waals surface area contributed by atoms with Crippen LogP contribution in [0.4, 0.5) is 0 Å². The Bertz CT molecular complexity index is 554. The molecule has 0 bridgehead atoms. The number of carbonyl (C=O) groups is 2. The third-order valence-corrected chi connectivity index (χ3v) is 4.24. The Morgan fingerprint density at radius 3 is 2.67 bits per heavy atom. The second kappa shape index (κ2) is 5.85. The fraction of sp³-hybridized carbons (Fsp3) is 0.500. The van der Waals surface area contributed by atoms with Crippen LogP contribution >= 0.6 is 0 Å². The van der Waals surface area contributed by atoms with Crippen molar-refractivity contribution in [2.24, 2.45) is 5.41 Å². The molecule has 0 radical (unpaired) electrons. The van der Waals surface area contributed by atoms with Crippen LogP contribution in [0.2, 0.25) is 0 Å². The molecule has 5 heteroatoms.